The Hall–Kier alpha value is -4.54. The number of rotatable bonds is 4. The molecule has 2 aliphatic heterocycles. The summed E-state index contributed by atoms with van der Waals surface area (Å²) in [5.74, 6) is -5.06. The highest BCUT2D eigenvalue weighted by Crippen LogP contribution is 2.40. The highest BCUT2D eigenvalue weighted by molar-refractivity contribution is 5.97. The fourth-order valence-corrected chi connectivity index (χ4v) is 5.80. The first-order chi connectivity index (χ1) is 19.7. The van der Waals surface area contributed by atoms with E-state index in [1.165, 1.54) is 10.7 Å². The molecule has 1 spiro atoms. The lowest BCUT2D eigenvalue weighted by atomic mass is 9.83. The van der Waals surface area contributed by atoms with E-state index < -0.39 is 28.8 Å². The topological polar surface area (TPSA) is 71.3 Å². The molecule has 0 radical (unpaired) electrons. The van der Waals surface area contributed by atoms with Crippen molar-refractivity contribution in [2.24, 2.45) is 0 Å². The van der Waals surface area contributed by atoms with E-state index in [4.69, 9.17) is 0 Å². The Kier molecular flexibility index (Phi) is 6.59. The summed E-state index contributed by atoms with van der Waals surface area (Å²) in [7, 11) is 0. The fourth-order valence-electron chi connectivity index (χ4n) is 5.80. The third-order valence-electron chi connectivity index (χ3n) is 8.06. The number of benzene rings is 2. The molecule has 4 aromatic rings. The fraction of sp³-hybridized carbons (Fsp3) is 0.267. The van der Waals surface area contributed by atoms with Crippen LogP contribution in [0.15, 0.2) is 60.9 Å². The van der Waals surface area contributed by atoms with Crippen LogP contribution in [0.4, 0.5) is 23.2 Å². The summed E-state index contributed by atoms with van der Waals surface area (Å²) in [6.45, 7) is 2.29. The maximum absolute atomic E-state index is 14.4. The third kappa shape index (κ3) is 4.55. The van der Waals surface area contributed by atoms with Crippen LogP contribution in [0, 0.1) is 30.2 Å². The number of carbonyl (C=O) groups excluding carboxylic acids is 2. The number of ketones is 1. The maximum Gasteiger partial charge on any atom is 0.274 e. The average molecular weight is 564 g/mol. The predicted molar refractivity (Wildman–Crippen MR) is 143 cm³/mol. The number of nitrogens with zero attached hydrogens (tertiary/aromatic N) is 5. The number of hydrogen-bond donors (Lipinski definition) is 0. The molecule has 41 heavy (non-hydrogen) atoms. The quantitative estimate of drug-likeness (QED) is 0.251. The lowest BCUT2D eigenvalue weighted by Gasteiger charge is -2.44. The molecule has 0 bridgehead atoms. The Labute approximate surface area is 233 Å². The molecule has 210 valence electrons. The van der Waals surface area contributed by atoms with Gasteiger partial charge in [0, 0.05) is 61.8 Å². The van der Waals surface area contributed by atoms with Gasteiger partial charge in [0.05, 0.1) is 11.4 Å². The molecule has 0 unspecified atom stereocenters. The minimum Gasteiger partial charge on any atom is -0.358 e. The molecule has 2 aliphatic rings. The molecule has 0 saturated carbocycles. The molecule has 2 aromatic carbocycles. The van der Waals surface area contributed by atoms with Crippen LogP contribution in [0.25, 0.3) is 16.9 Å². The third-order valence-corrected chi connectivity index (χ3v) is 8.06. The van der Waals surface area contributed by atoms with Crippen LogP contribution in [0.1, 0.15) is 35.3 Å². The zero-order valence-corrected chi connectivity index (χ0v) is 22.1. The van der Waals surface area contributed by atoms with Crippen LogP contribution in [-0.4, -0.2) is 56.5 Å². The first-order valence-electron chi connectivity index (χ1n) is 13.2. The molecule has 1 amide bonds. The number of hydrogen-bond acceptors (Lipinski definition) is 5. The maximum atomic E-state index is 14.4. The van der Waals surface area contributed by atoms with Crippen molar-refractivity contribution in [3.05, 3.63) is 95.5 Å². The van der Waals surface area contributed by atoms with Gasteiger partial charge in [0.25, 0.3) is 5.91 Å². The van der Waals surface area contributed by atoms with Crippen molar-refractivity contribution >= 4 is 17.4 Å². The van der Waals surface area contributed by atoms with Gasteiger partial charge in [-0.05, 0) is 55.7 Å². The summed E-state index contributed by atoms with van der Waals surface area (Å²) in [5.41, 5.74) is 1.42. The number of aromatic nitrogens is 3. The SMILES string of the molecule is Cc1ccc(-n2nc(C(=O)N3CCC4(CC3)C(=O)CCN4c3cc(F)c(F)c(F)c3)cc2-c2ccncc2)cc1F. The van der Waals surface area contributed by atoms with E-state index in [0.717, 1.165) is 17.7 Å². The predicted octanol–water partition coefficient (Wildman–Crippen LogP) is 5.25. The van der Waals surface area contributed by atoms with Crippen LogP contribution in [0.2, 0.25) is 0 Å². The van der Waals surface area contributed by atoms with Crippen LogP contribution in [0.5, 0.6) is 0 Å². The summed E-state index contributed by atoms with van der Waals surface area (Å²) in [5, 5.41) is 4.54. The molecule has 2 aromatic heterocycles. The van der Waals surface area contributed by atoms with Gasteiger partial charge in [-0.15, -0.1) is 0 Å². The van der Waals surface area contributed by atoms with E-state index in [9.17, 15) is 27.2 Å². The number of anilines is 1. The van der Waals surface area contributed by atoms with Crippen LogP contribution >= 0.6 is 0 Å². The number of amides is 1. The van der Waals surface area contributed by atoms with Crippen molar-refractivity contribution in [1.82, 2.24) is 19.7 Å². The van der Waals surface area contributed by atoms with Crippen molar-refractivity contribution in [2.45, 2.75) is 31.7 Å². The van der Waals surface area contributed by atoms with Crippen LogP contribution < -0.4 is 4.90 Å². The number of Topliss-reactive ketones (excluding diaryl/α,β-unsaturated/α-hetero) is 1. The zero-order valence-electron chi connectivity index (χ0n) is 22.1. The largest absolute Gasteiger partial charge is 0.358 e. The van der Waals surface area contributed by atoms with Gasteiger partial charge in [-0.2, -0.15) is 5.10 Å². The van der Waals surface area contributed by atoms with E-state index in [1.54, 1.807) is 59.4 Å². The molecule has 2 saturated heterocycles. The molecule has 7 nitrogen and oxygen atoms in total. The van der Waals surface area contributed by atoms with E-state index in [1.807, 2.05) is 0 Å². The molecule has 6 rings (SSSR count). The standard InChI is InChI=1S/C30H25F4N5O2/c1-18-2-3-20(14-22(18)31)39-26(19-4-9-35-10-5-19)17-25(36-39)29(41)37-12-7-30(8-13-37)27(40)6-11-38(30)21-15-23(32)28(34)24(33)16-21/h2-5,9-10,14-17H,6-8,11-13H2,1H3. The first kappa shape index (κ1) is 26.7. The molecule has 0 aliphatic carbocycles. The van der Waals surface area contributed by atoms with E-state index in [2.05, 4.69) is 10.1 Å². The van der Waals surface area contributed by atoms with Gasteiger partial charge < -0.3 is 9.80 Å². The monoisotopic (exact) mass is 563 g/mol. The Balaban J connectivity index is 1.28. The first-order valence-corrected chi connectivity index (χ1v) is 13.2. The summed E-state index contributed by atoms with van der Waals surface area (Å²) in [6, 6.07) is 11.7. The van der Waals surface area contributed by atoms with Crippen molar-refractivity contribution in [1.29, 1.82) is 0 Å². The van der Waals surface area contributed by atoms with Gasteiger partial charge in [0.15, 0.2) is 28.9 Å². The summed E-state index contributed by atoms with van der Waals surface area (Å²) in [4.78, 5) is 34.0. The molecule has 0 atom stereocenters. The Bertz CT molecular complexity index is 1640. The number of aryl methyl sites for hydroxylation is 1. The normalized spacial score (nSPS) is 16.6. The number of halogens is 4. The molecule has 4 heterocycles. The van der Waals surface area contributed by atoms with E-state index in [-0.39, 0.29) is 62.0 Å². The minimum atomic E-state index is -1.56. The van der Waals surface area contributed by atoms with Gasteiger partial charge >= 0.3 is 0 Å². The molecule has 11 heteroatoms. The van der Waals surface area contributed by atoms with Gasteiger partial charge in [0.2, 0.25) is 0 Å². The van der Waals surface area contributed by atoms with Crippen molar-refractivity contribution in [2.75, 3.05) is 24.5 Å². The highest BCUT2D eigenvalue weighted by Gasteiger charge is 2.50. The van der Waals surface area contributed by atoms with Crippen LogP contribution in [-0.2, 0) is 4.79 Å². The second kappa shape index (κ2) is 10.1. The van der Waals surface area contributed by atoms with Crippen molar-refractivity contribution in [3.63, 3.8) is 0 Å². The number of likely N-dealkylation sites (tertiary alicyclic amines) is 1. The molecule has 0 N–H and O–H groups in total. The lowest BCUT2D eigenvalue weighted by molar-refractivity contribution is -0.123. The lowest BCUT2D eigenvalue weighted by Crippen LogP contribution is -2.57. The average Bonchev–Trinajstić information content (AvgIpc) is 3.55. The van der Waals surface area contributed by atoms with Crippen LogP contribution in [0.3, 0.4) is 0 Å². The van der Waals surface area contributed by atoms with Gasteiger partial charge in [-0.3, -0.25) is 14.6 Å². The van der Waals surface area contributed by atoms with Crippen molar-refractivity contribution < 1.29 is 27.2 Å². The van der Waals surface area contributed by atoms with E-state index >= 15 is 0 Å². The second-order valence-electron chi connectivity index (χ2n) is 10.4. The molecular weight excluding hydrogens is 538 g/mol. The second-order valence-corrected chi connectivity index (χ2v) is 10.4. The Morgan fingerprint density at radius 1 is 0.854 bits per heavy atom. The minimum absolute atomic E-state index is 0.0830. The highest BCUT2D eigenvalue weighted by atomic mass is 19.2. The van der Waals surface area contributed by atoms with Gasteiger partial charge in [0.1, 0.15) is 11.4 Å². The number of pyridine rings is 1. The Morgan fingerprint density at radius 2 is 1.51 bits per heavy atom. The zero-order chi connectivity index (χ0) is 28.9. The molecule has 2 fully saturated rings. The molecular formula is C30H25F4N5O2. The van der Waals surface area contributed by atoms with E-state index in [0.29, 0.717) is 16.9 Å². The van der Waals surface area contributed by atoms with Crippen molar-refractivity contribution in [3.8, 4) is 16.9 Å². The van der Waals surface area contributed by atoms with Gasteiger partial charge in [-0.1, -0.05) is 6.07 Å². The number of carbonyl (C=O) groups is 2. The van der Waals surface area contributed by atoms with Gasteiger partial charge in [-0.25, -0.2) is 22.2 Å². The number of piperidine rings is 1. The summed E-state index contributed by atoms with van der Waals surface area (Å²) in [6.07, 6.45) is 3.87. The summed E-state index contributed by atoms with van der Waals surface area (Å²) < 4.78 is 57.5. The summed E-state index contributed by atoms with van der Waals surface area (Å²) >= 11 is 0. The Morgan fingerprint density at radius 3 is 2.17 bits per heavy atom. The smallest absolute Gasteiger partial charge is 0.274 e.